The van der Waals surface area contributed by atoms with Gasteiger partial charge in [-0.05, 0) is 80.0 Å². The van der Waals surface area contributed by atoms with Gasteiger partial charge >= 0.3 is 0 Å². The molecule has 0 aromatic carbocycles. The number of hydrogen-bond acceptors (Lipinski definition) is 23. The zero-order valence-corrected chi connectivity index (χ0v) is 41.9. The van der Waals surface area contributed by atoms with Crippen LogP contribution in [0.1, 0.15) is 85.5 Å². The number of carbonyl (C=O) groups excluding carboxylic acids is 1. The van der Waals surface area contributed by atoms with Crippen molar-refractivity contribution in [2.24, 2.45) is 52.3 Å². The first kappa shape index (κ1) is 55.1. The monoisotopic (exact) mass is 1050 g/mol. The molecule has 0 unspecified atom stereocenters. The normalized spacial score (nSPS) is 57.2. The minimum Gasteiger partial charge on any atom is -0.394 e. The second kappa shape index (κ2) is 21.1. The number of hydrogen-bond donors (Lipinski definition) is 12. The number of aliphatic hydroxyl groups excluding tert-OH is 12. The van der Waals surface area contributed by atoms with E-state index in [0.29, 0.717) is 49.9 Å². The van der Waals surface area contributed by atoms with Crippen LogP contribution in [-0.4, -0.2) is 235 Å². The van der Waals surface area contributed by atoms with Gasteiger partial charge in [-0.3, -0.25) is 4.79 Å². The number of aliphatic hydroxyl groups is 12. The lowest BCUT2D eigenvalue weighted by atomic mass is 9.44. The SMILES string of the molecule is C[C@@H]1CC[C@@]2(OC1)O[C@H]1C[C@H]3[C@@H]4CC[C@H]5C[C@@H](O[C@@H]6O[C@H](CO)[C@H](O[C@@H]7O[C@H](CO)[C@@H](O)[C@H](O)[C@H]7O[C@@H]7O[C@H](CO)[C@H](O)[C@H](O)[C@H]7O)[C@H](O)[C@H]6O[C@@H]6OC[C@@H](O)[C@H](O)[C@H]6O)CC[C@]5(C)[C@H]4CC(=O)[C@]3(C)[C@H]1[C@@H]2C. The van der Waals surface area contributed by atoms with Gasteiger partial charge in [0.2, 0.25) is 0 Å². The second-order valence-electron chi connectivity index (χ2n) is 23.7. The molecule has 4 aliphatic carbocycles. The molecule has 0 amide bonds. The predicted octanol–water partition coefficient (Wildman–Crippen LogP) is -3.09. The first-order chi connectivity index (χ1) is 34.7. The number of Topliss-reactive ketones (excluding diaryl/α,β-unsaturated/α-hetero) is 1. The van der Waals surface area contributed by atoms with Gasteiger partial charge in [0.15, 0.2) is 30.9 Å². The highest BCUT2D eigenvalue weighted by Crippen LogP contribution is 2.70. The van der Waals surface area contributed by atoms with Crippen molar-refractivity contribution in [3.63, 3.8) is 0 Å². The smallest absolute Gasteiger partial charge is 0.187 e. The highest BCUT2D eigenvalue weighted by atomic mass is 16.8. The van der Waals surface area contributed by atoms with Crippen LogP contribution in [-0.2, 0) is 52.2 Å². The Balaban J connectivity index is 0.860. The predicted molar refractivity (Wildman–Crippen MR) is 243 cm³/mol. The van der Waals surface area contributed by atoms with E-state index in [0.717, 1.165) is 32.1 Å². The summed E-state index contributed by atoms with van der Waals surface area (Å²) in [7, 11) is 0. The van der Waals surface area contributed by atoms with E-state index in [2.05, 4.69) is 27.7 Å². The second-order valence-corrected chi connectivity index (χ2v) is 23.7. The minimum absolute atomic E-state index is 0.0311. The quantitative estimate of drug-likeness (QED) is 0.0913. The Kier molecular flexibility index (Phi) is 15.9. The summed E-state index contributed by atoms with van der Waals surface area (Å²) in [5.41, 5.74) is -0.699. The van der Waals surface area contributed by atoms with Crippen LogP contribution < -0.4 is 0 Å². The van der Waals surface area contributed by atoms with Gasteiger partial charge in [0, 0.05) is 30.1 Å². The molecule has 0 bridgehead atoms. The lowest BCUT2D eigenvalue weighted by Gasteiger charge is -2.61. The first-order valence-electron chi connectivity index (χ1n) is 26.7. The lowest BCUT2D eigenvalue weighted by molar-refractivity contribution is -0.400. The van der Waals surface area contributed by atoms with E-state index in [4.69, 9.17) is 47.4 Å². The van der Waals surface area contributed by atoms with Crippen molar-refractivity contribution in [1.29, 1.82) is 0 Å². The molecular formula is C50H80O23. The number of rotatable bonds is 11. The summed E-state index contributed by atoms with van der Waals surface area (Å²) < 4.78 is 61.6. The van der Waals surface area contributed by atoms with Crippen molar-refractivity contribution < 1.29 is 113 Å². The van der Waals surface area contributed by atoms with E-state index in [1.807, 2.05) is 0 Å². The van der Waals surface area contributed by atoms with Gasteiger partial charge in [-0.15, -0.1) is 0 Å². The van der Waals surface area contributed by atoms with Gasteiger partial charge < -0.3 is 109 Å². The first-order valence-corrected chi connectivity index (χ1v) is 26.7. The third kappa shape index (κ3) is 9.30. The average Bonchev–Trinajstić information content (AvgIpc) is 3.83. The molecule has 0 aromatic rings. The van der Waals surface area contributed by atoms with E-state index in [1.54, 1.807) is 0 Å². The maximum absolute atomic E-state index is 14.8. The van der Waals surface area contributed by atoms with Gasteiger partial charge in [-0.2, -0.15) is 0 Å². The molecular weight excluding hydrogens is 969 g/mol. The summed E-state index contributed by atoms with van der Waals surface area (Å²) in [4.78, 5) is 14.8. The highest BCUT2D eigenvalue weighted by Gasteiger charge is 2.72. The van der Waals surface area contributed by atoms with Crippen molar-refractivity contribution in [3.05, 3.63) is 0 Å². The van der Waals surface area contributed by atoms with Crippen LogP contribution in [0.4, 0.5) is 0 Å². The Labute approximate surface area is 423 Å². The van der Waals surface area contributed by atoms with E-state index in [-0.39, 0.29) is 41.1 Å². The van der Waals surface area contributed by atoms with Crippen LogP contribution in [0.15, 0.2) is 0 Å². The molecule has 31 atom stereocenters. The Morgan fingerprint density at radius 2 is 1.21 bits per heavy atom. The zero-order chi connectivity index (χ0) is 52.2. The molecule has 4 saturated carbocycles. The molecule has 10 rings (SSSR count). The van der Waals surface area contributed by atoms with Crippen LogP contribution in [0.25, 0.3) is 0 Å². The topological polar surface area (TPSA) is 352 Å². The third-order valence-corrected chi connectivity index (χ3v) is 19.9. The van der Waals surface area contributed by atoms with Gasteiger partial charge in [0.1, 0.15) is 97.3 Å². The minimum atomic E-state index is -1.97. The fourth-order valence-corrected chi connectivity index (χ4v) is 15.5. The number of ether oxygens (including phenoxy) is 10. The zero-order valence-electron chi connectivity index (χ0n) is 41.9. The average molecular weight is 1050 g/mol. The van der Waals surface area contributed by atoms with Gasteiger partial charge in [-0.1, -0.05) is 27.7 Å². The van der Waals surface area contributed by atoms with E-state index >= 15 is 0 Å². The fraction of sp³-hybridized carbons (Fsp3) is 0.980. The molecule has 73 heavy (non-hydrogen) atoms. The molecule has 1 spiro atoms. The van der Waals surface area contributed by atoms with E-state index in [9.17, 15) is 66.1 Å². The number of carbonyl (C=O) groups is 1. The summed E-state index contributed by atoms with van der Waals surface area (Å²) in [5.74, 6) is 1.18. The largest absolute Gasteiger partial charge is 0.394 e. The molecule has 0 radical (unpaired) electrons. The molecule has 6 saturated heterocycles. The third-order valence-electron chi connectivity index (χ3n) is 19.9. The molecule has 0 aromatic heterocycles. The van der Waals surface area contributed by atoms with Gasteiger partial charge in [0.25, 0.3) is 0 Å². The Bertz CT molecular complexity index is 1910. The summed E-state index contributed by atoms with van der Waals surface area (Å²) in [5, 5.41) is 129. The highest BCUT2D eigenvalue weighted by molar-refractivity contribution is 5.87. The summed E-state index contributed by atoms with van der Waals surface area (Å²) >= 11 is 0. The van der Waals surface area contributed by atoms with Crippen LogP contribution in [0.3, 0.4) is 0 Å². The Morgan fingerprint density at radius 1 is 0.589 bits per heavy atom. The van der Waals surface area contributed by atoms with E-state index in [1.165, 1.54) is 0 Å². The molecule has 10 fully saturated rings. The maximum Gasteiger partial charge on any atom is 0.187 e. The summed E-state index contributed by atoms with van der Waals surface area (Å²) in [6, 6.07) is 0. The van der Waals surface area contributed by atoms with Gasteiger partial charge in [0.05, 0.1) is 45.2 Å². The molecule has 6 heterocycles. The Hall–Kier alpha value is -1.21. The summed E-state index contributed by atoms with van der Waals surface area (Å²) in [6.45, 7) is 6.65. The molecule has 10 aliphatic rings. The Morgan fingerprint density at radius 3 is 1.89 bits per heavy atom. The molecule has 23 nitrogen and oxygen atoms in total. The van der Waals surface area contributed by atoms with E-state index < -0.39 is 160 Å². The van der Waals surface area contributed by atoms with Crippen molar-refractivity contribution in [3.8, 4) is 0 Å². The van der Waals surface area contributed by atoms with Crippen LogP contribution >= 0.6 is 0 Å². The fourth-order valence-electron chi connectivity index (χ4n) is 15.5. The summed E-state index contributed by atoms with van der Waals surface area (Å²) in [6.07, 6.45) is -26.4. The van der Waals surface area contributed by atoms with Crippen molar-refractivity contribution in [2.75, 3.05) is 33.0 Å². The molecule has 6 aliphatic heterocycles. The molecule has 12 N–H and O–H groups in total. The standard InChI is InChI=1S/C50H80O23/c1-19-7-10-50(65-17-19)20(2)32-27(73-50)12-25-23-6-5-21-11-22(8-9-48(21,3)24(23)13-31(55)49(25,32)4)66-46-43(71-44-38(61)33(56)26(54)18-64-44)40(63)41(30(16-53)69-46)70-47-42(37(60)35(58)29(15-52)68-47)72-45-39(62)36(59)34(57)28(14-51)67-45/h19-30,32-47,51-54,56-63H,5-18H2,1-4H3/t19-,20+,21+,22+,23-,24+,25+,26-,27+,28-,29-,30-,32+,33+,34+,35-,36+,37+,38-,39-,40+,41+,42-,43-,44+,45+,46-,47+,48+,49-,50-/m1/s1. The number of ketones is 1. The van der Waals surface area contributed by atoms with Crippen LogP contribution in [0.2, 0.25) is 0 Å². The van der Waals surface area contributed by atoms with Crippen LogP contribution in [0, 0.1) is 52.3 Å². The van der Waals surface area contributed by atoms with Crippen molar-refractivity contribution in [2.45, 2.75) is 220 Å². The van der Waals surface area contributed by atoms with Crippen molar-refractivity contribution >= 4 is 5.78 Å². The lowest BCUT2D eigenvalue weighted by Crippen LogP contribution is -2.68. The van der Waals surface area contributed by atoms with Crippen molar-refractivity contribution in [1.82, 2.24) is 0 Å². The molecule has 418 valence electrons. The maximum atomic E-state index is 14.8. The number of fused-ring (bicyclic) bond motifs is 7. The van der Waals surface area contributed by atoms with Crippen LogP contribution in [0.5, 0.6) is 0 Å². The van der Waals surface area contributed by atoms with Gasteiger partial charge in [-0.25, -0.2) is 0 Å². The molecule has 23 heteroatoms.